The van der Waals surface area contributed by atoms with Crippen molar-refractivity contribution in [2.24, 2.45) is 5.92 Å². The van der Waals surface area contributed by atoms with E-state index in [1.807, 2.05) is 0 Å². The number of amides is 1. The molecule has 1 amide bonds. The normalized spacial score (nSPS) is 29.3. The Morgan fingerprint density at radius 1 is 1.28 bits per heavy atom. The lowest BCUT2D eigenvalue weighted by Gasteiger charge is -2.46. The van der Waals surface area contributed by atoms with Crippen molar-refractivity contribution in [2.75, 3.05) is 6.61 Å². The third-order valence-corrected chi connectivity index (χ3v) is 5.95. The number of nitrogens with one attached hydrogen (secondary N) is 1. The van der Waals surface area contributed by atoms with Gasteiger partial charge in [0.15, 0.2) is 0 Å². The number of carbonyl (C=O) groups is 2. The van der Waals surface area contributed by atoms with Gasteiger partial charge in [0, 0.05) is 17.2 Å². The van der Waals surface area contributed by atoms with E-state index in [2.05, 4.69) is 5.32 Å². The Morgan fingerprint density at radius 2 is 1.90 bits per heavy atom. The zero-order chi connectivity index (χ0) is 21.8. The van der Waals surface area contributed by atoms with Gasteiger partial charge in [-0.05, 0) is 12.1 Å². The molecular formula is C19H27NO8S. The molecule has 2 rings (SSSR count). The Morgan fingerprint density at radius 3 is 2.41 bits per heavy atom. The number of carboxylic acids is 1. The number of carbonyl (C=O) groups excluding carboxylic acids is 1. The van der Waals surface area contributed by atoms with Crippen molar-refractivity contribution in [1.29, 1.82) is 0 Å². The minimum absolute atomic E-state index is 0.372. The highest BCUT2D eigenvalue weighted by molar-refractivity contribution is 8.01. The Hall–Kier alpha value is -1.69. The summed E-state index contributed by atoms with van der Waals surface area (Å²) >= 11 is 0.842. The summed E-state index contributed by atoms with van der Waals surface area (Å²) in [5.41, 5.74) is 0. The lowest BCUT2D eigenvalue weighted by atomic mass is 9.89. The van der Waals surface area contributed by atoms with Crippen molar-refractivity contribution in [3.8, 4) is 0 Å². The van der Waals surface area contributed by atoms with E-state index in [0.717, 1.165) is 11.8 Å². The molecule has 162 valence electrons. The summed E-state index contributed by atoms with van der Waals surface area (Å²) in [6.07, 6.45) is -6.64. The van der Waals surface area contributed by atoms with Gasteiger partial charge in [-0.1, -0.05) is 43.8 Å². The monoisotopic (exact) mass is 429 g/mol. The fraction of sp³-hybridized carbons (Fsp3) is 0.579. The summed E-state index contributed by atoms with van der Waals surface area (Å²) in [5.74, 6) is -2.26. The van der Waals surface area contributed by atoms with Gasteiger partial charge in [-0.25, -0.2) is 4.79 Å². The first-order chi connectivity index (χ1) is 13.6. The van der Waals surface area contributed by atoms with Crippen LogP contribution in [0.15, 0.2) is 35.2 Å². The van der Waals surface area contributed by atoms with Crippen molar-refractivity contribution in [3.05, 3.63) is 30.3 Å². The van der Waals surface area contributed by atoms with Crippen LogP contribution in [0.25, 0.3) is 0 Å². The predicted molar refractivity (Wildman–Crippen MR) is 104 cm³/mol. The maximum Gasteiger partial charge on any atom is 0.347 e. The largest absolute Gasteiger partial charge is 0.478 e. The smallest absolute Gasteiger partial charge is 0.347 e. The quantitative estimate of drug-likeness (QED) is 0.322. The SMILES string of the molecule is CC(C)C(=O)N[C@H]1[C@H]([C@H](O)[C@H](O)CO)O[C@@](Sc2ccccc2)(C(=O)O)C[C@@H]1O. The van der Waals surface area contributed by atoms with Gasteiger partial charge in [-0.2, -0.15) is 0 Å². The molecule has 1 aliphatic rings. The molecule has 10 heteroatoms. The Labute approximate surface area is 172 Å². The molecule has 0 unspecified atom stereocenters. The number of thioether (sulfide) groups is 1. The molecule has 29 heavy (non-hydrogen) atoms. The topological polar surface area (TPSA) is 157 Å². The van der Waals surface area contributed by atoms with E-state index in [9.17, 15) is 35.1 Å². The molecular weight excluding hydrogens is 402 g/mol. The van der Waals surface area contributed by atoms with Crippen molar-refractivity contribution in [3.63, 3.8) is 0 Å². The maximum absolute atomic E-state index is 12.2. The van der Waals surface area contributed by atoms with Crippen molar-refractivity contribution < 1.29 is 39.9 Å². The van der Waals surface area contributed by atoms with Crippen LogP contribution in [0.2, 0.25) is 0 Å². The molecule has 1 aromatic rings. The molecule has 1 heterocycles. The summed E-state index contributed by atoms with van der Waals surface area (Å²) < 4.78 is 5.76. The second-order valence-corrected chi connectivity index (χ2v) is 8.59. The van der Waals surface area contributed by atoms with Gasteiger partial charge >= 0.3 is 5.97 Å². The van der Waals surface area contributed by atoms with Gasteiger partial charge in [0.2, 0.25) is 10.8 Å². The molecule has 0 aliphatic carbocycles. The fourth-order valence-corrected chi connectivity index (χ4v) is 4.18. The van der Waals surface area contributed by atoms with Gasteiger partial charge in [0.1, 0.15) is 18.3 Å². The van der Waals surface area contributed by atoms with Gasteiger partial charge < -0.3 is 35.6 Å². The molecule has 0 radical (unpaired) electrons. The lowest BCUT2D eigenvalue weighted by Crippen LogP contribution is -2.66. The van der Waals surface area contributed by atoms with Crippen LogP contribution in [0.5, 0.6) is 0 Å². The van der Waals surface area contributed by atoms with Crippen LogP contribution in [0.3, 0.4) is 0 Å². The molecule has 1 saturated heterocycles. The zero-order valence-corrected chi connectivity index (χ0v) is 17.0. The summed E-state index contributed by atoms with van der Waals surface area (Å²) in [6.45, 7) is 2.45. The minimum Gasteiger partial charge on any atom is -0.478 e. The first-order valence-electron chi connectivity index (χ1n) is 9.22. The van der Waals surface area contributed by atoms with Gasteiger partial charge in [0.05, 0.1) is 18.8 Å². The maximum atomic E-state index is 12.2. The lowest BCUT2D eigenvalue weighted by molar-refractivity contribution is -0.205. The van der Waals surface area contributed by atoms with E-state index >= 15 is 0 Å². The number of carboxylic acid groups (broad SMARTS) is 1. The average Bonchev–Trinajstić information content (AvgIpc) is 2.68. The molecule has 1 aliphatic heterocycles. The number of hydrogen-bond donors (Lipinski definition) is 6. The van der Waals surface area contributed by atoms with E-state index in [4.69, 9.17) is 4.74 Å². The van der Waals surface area contributed by atoms with E-state index < -0.39 is 59.8 Å². The van der Waals surface area contributed by atoms with E-state index in [1.54, 1.807) is 44.2 Å². The van der Waals surface area contributed by atoms with Crippen LogP contribution in [-0.4, -0.2) is 79.4 Å². The molecule has 9 nitrogen and oxygen atoms in total. The third kappa shape index (κ3) is 5.47. The molecule has 0 bridgehead atoms. The second kappa shape index (κ2) is 9.88. The highest BCUT2D eigenvalue weighted by Gasteiger charge is 2.55. The van der Waals surface area contributed by atoms with Crippen LogP contribution in [0, 0.1) is 5.92 Å². The number of rotatable bonds is 8. The zero-order valence-electron chi connectivity index (χ0n) is 16.1. The molecule has 6 N–H and O–H groups in total. The van der Waals surface area contributed by atoms with E-state index in [1.165, 1.54) is 0 Å². The molecule has 0 aromatic heterocycles. The van der Waals surface area contributed by atoms with Crippen molar-refractivity contribution in [1.82, 2.24) is 5.32 Å². The summed E-state index contributed by atoms with van der Waals surface area (Å²) in [7, 11) is 0. The first-order valence-corrected chi connectivity index (χ1v) is 10.0. The number of hydrogen-bond acceptors (Lipinski definition) is 8. The molecule has 0 spiro atoms. The Kier molecular flexibility index (Phi) is 8.03. The molecule has 1 aromatic carbocycles. The standard InChI is InChI=1S/C19H27NO8S/c1-10(2)17(25)20-14-12(22)8-19(18(26)27,29-11-6-4-3-5-7-11)28-16(14)15(24)13(23)9-21/h3-7,10,12-16,21-24H,8-9H2,1-2H3,(H,20,25)(H,26,27)/t12-,13+,14+,15+,16+,19-/m0/s1. The number of benzene rings is 1. The molecule has 1 fully saturated rings. The third-order valence-electron chi connectivity index (χ3n) is 4.68. The highest BCUT2D eigenvalue weighted by atomic mass is 32.2. The average molecular weight is 429 g/mol. The van der Waals surface area contributed by atoms with Gasteiger partial charge in [-0.15, -0.1) is 0 Å². The number of aliphatic carboxylic acids is 1. The first kappa shape index (κ1) is 23.6. The van der Waals surface area contributed by atoms with Crippen LogP contribution < -0.4 is 5.32 Å². The number of aliphatic hydroxyl groups is 4. The van der Waals surface area contributed by atoms with Crippen LogP contribution in [-0.2, 0) is 14.3 Å². The Balaban J connectivity index is 2.40. The van der Waals surface area contributed by atoms with Crippen molar-refractivity contribution >= 4 is 23.6 Å². The summed E-state index contributed by atoms with van der Waals surface area (Å²) in [5, 5.41) is 52.7. The van der Waals surface area contributed by atoms with Crippen LogP contribution in [0.4, 0.5) is 0 Å². The minimum atomic E-state index is -1.97. The second-order valence-electron chi connectivity index (χ2n) is 7.26. The van der Waals surface area contributed by atoms with Gasteiger partial charge in [0.25, 0.3) is 0 Å². The van der Waals surface area contributed by atoms with E-state index in [0.29, 0.717) is 4.90 Å². The number of ether oxygens (including phenoxy) is 1. The van der Waals surface area contributed by atoms with Gasteiger partial charge in [-0.3, -0.25) is 4.79 Å². The summed E-state index contributed by atoms with van der Waals surface area (Å²) in [4.78, 5) is 22.9. The fourth-order valence-electron chi connectivity index (χ4n) is 3.01. The van der Waals surface area contributed by atoms with Crippen LogP contribution >= 0.6 is 11.8 Å². The van der Waals surface area contributed by atoms with E-state index in [-0.39, 0.29) is 6.42 Å². The molecule has 6 atom stereocenters. The van der Waals surface area contributed by atoms with Crippen molar-refractivity contribution in [2.45, 2.75) is 60.6 Å². The predicted octanol–water partition coefficient (Wildman–Crippen LogP) is -0.436. The Bertz CT molecular complexity index is 703. The molecule has 0 saturated carbocycles. The highest BCUT2D eigenvalue weighted by Crippen LogP contribution is 2.43. The van der Waals surface area contributed by atoms with Crippen LogP contribution in [0.1, 0.15) is 20.3 Å². The summed E-state index contributed by atoms with van der Waals surface area (Å²) in [6, 6.07) is 7.35. The number of aliphatic hydroxyl groups excluding tert-OH is 4.